The quantitative estimate of drug-likeness (QED) is 0.437. The molecule has 0 aliphatic carbocycles. The number of ketones is 1. The highest BCUT2D eigenvalue weighted by molar-refractivity contribution is 5.85. The smallest absolute Gasteiger partial charge is 0.337 e. The van der Waals surface area contributed by atoms with E-state index < -0.39 is 22.5 Å². The van der Waals surface area contributed by atoms with E-state index in [0.29, 0.717) is 17.0 Å². The summed E-state index contributed by atoms with van der Waals surface area (Å²) in [6.45, 7) is 5.32. The third-order valence-corrected chi connectivity index (χ3v) is 5.64. The standard InChI is InChI=1S/C25H25FN4O4/c1-25(2,3)20(31)14-28-15-27-22-21(28)23(32)29(13-16-5-11-19(34-4)12-6-16)24(33)30(22)18-9-7-17(26)8-10-18/h5-12,15H,13-14H2,1-4H3. The zero-order valence-corrected chi connectivity index (χ0v) is 19.4. The molecule has 0 saturated carbocycles. The fourth-order valence-corrected chi connectivity index (χ4v) is 3.57. The van der Waals surface area contributed by atoms with Crippen LogP contribution >= 0.6 is 0 Å². The predicted molar refractivity (Wildman–Crippen MR) is 126 cm³/mol. The van der Waals surface area contributed by atoms with Crippen LogP contribution in [0.5, 0.6) is 5.75 Å². The normalized spacial score (nSPS) is 11.7. The first kappa shape index (κ1) is 23.2. The third-order valence-electron chi connectivity index (χ3n) is 5.64. The molecule has 0 atom stereocenters. The summed E-state index contributed by atoms with van der Waals surface area (Å²) in [5.41, 5.74) is -0.511. The first-order valence-electron chi connectivity index (χ1n) is 10.7. The summed E-state index contributed by atoms with van der Waals surface area (Å²) in [5, 5.41) is 0. The Morgan fingerprint density at radius 2 is 1.68 bits per heavy atom. The topological polar surface area (TPSA) is 88.1 Å². The lowest BCUT2D eigenvalue weighted by atomic mass is 9.91. The van der Waals surface area contributed by atoms with Crippen LogP contribution in [0.25, 0.3) is 16.9 Å². The summed E-state index contributed by atoms with van der Waals surface area (Å²) in [6.07, 6.45) is 1.38. The van der Waals surface area contributed by atoms with Crippen LogP contribution in [0.2, 0.25) is 0 Å². The zero-order chi connectivity index (χ0) is 24.6. The van der Waals surface area contributed by atoms with Crippen molar-refractivity contribution in [1.29, 1.82) is 0 Å². The molecule has 4 rings (SSSR count). The molecule has 0 spiro atoms. The Hall–Kier alpha value is -4.01. The lowest BCUT2D eigenvalue weighted by molar-refractivity contribution is -0.126. The van der Waals surface area contributed by atoms with Gasteiger partial charge >= 0.3 is 5.69 Å². The van der Waals surface area contributed by atoms with Crippen LogP contribution in [0.4, 0.5) is 4.39 Å². The predicted octanol–water partition coefficient (Wildman–Crippen LogP) is 3.16. The van der Waals surface area contributed by atoms with Gasteiger partial charge in [-0.25, -0.2) is 18.7 Å². The van der Waals surface area contributed by atoms with Crippen LogP contribution in [0, 0.1) is 11.2 Å². The number of ether oxygens (including phenoxy) is 1. The van der Waals surface area contributed by atoms with E-state index in [1.165, 1.54) is 39.7 Å². The summed E-state index contributed by atoms with van der Waals surface area (Å²) < 4.78 is 22.6. The lowest BCUT2D eigenvalue weighted by Crippen LogP contribution is -2.40. The average Bonchev–Trinajstić information content (AvgIpc) is 3.21. The molecule has 0 saturated heterocycles. The number of nitrogens with zero attached hydrogens (tertiary/aromatic N) is 4. The number of hydrogen-bond donors (Lipinski definition) is 0. The van der Waals surface area contributed by atoms with Crippen molar-refractivity contribution in [2.45, 2.75) is 33.9 Å². The fourth-order valence-electron chi connectivity index (χ4n) is 3.57. The van der Waals surface area contributed by atoms with E-state index in [2.05, 4.69) is 4.98 Å². The molecule has 176 valence electrons. The van der Waals surface area contributed by atoms with Gasteiger partial charge in [0.1, 0.15) is 11.6 Å². The van der Waals surface area contributed by atoms with Crippen molar-refractivity contribution < 1.29 is 13.9 Å². The van der Waals surface area contributed by atoms with Gasteiger partial charge in [0.15, 0.2) is 16.9 Å². The summed E-state index contributed by atoms with van der Waals surface area (Å²) in [7, 11) is 1.55. The molecule has 34 heavy (non-hydrogen) atoms. The number of halogens is 1. The maximum atomic E-state index is 13.6. The molecule has 0 aliphatic rings. The molecule has 0 aliphatic heterocycles. The van der Waals surface area contributed by atoms with E-state index in [1.807, 2.05) is 0 Å². The lowest BCUT2D eigenvalue weighted by Gasteiger charge is -2.17. The van der Waals surface area contributed by atoms with Crippen LogP contribution in [-0.4, -0.2) is 31.6 Å². The van der Waals surface area contributed by atoms with E-state index in [1.54, 1.807) is 52.1 Å². The molecule has 0 unspecified atom stereocenters. The number of Topliss-reactive ketones (excluding diaryl/α,β-unsaturated/α-hetero) is 1. The fraction of sp³-hybridized carbons (Fsp3) is 0.280. The van der Waals surface area contributed by atoms with Gasteiger partial charge in [-0.05, 0) is 42.0 Å². The van der Waals surface area contributed by atoms with Gasteiger partial charge in [-0.2, -0.15) is 0 Å². The van der Waals surface area contributed by atoms with Crippen LogP contribution in [0.3, 0.4) is 0 Å². The highest BCUT2D eigenvalue weighted by Gasteiger charge is 2.25. The molecule has 9 heteroatoms. The molecule has 0 fully saturated rings. The van der Waals surface area contributed by atoms with Gasteiger partial charge in [-0.1, -0.05) is 32.9 Å². The third kappa shape index (κ3) is 4.28. The molecule has 0 amide bonds. The summed E-state index contributed by atoms with van der Waals surface area (Å²) in [4.78, 5) is 44.0. The second kappa shape index (κ2) is 8.74. The number of methoxy groups -OCH3 is 1. The minimum Gasteiger partial charge on any atom is -0.497 e. The van der Waals surface area contributed by atoms with Crippen LogP contribution in [-0.2, 0) is 17.9 Å². The summed E-state index contributed by atoms with van der Waals surface area (Å²) >= 11 is 0. The number of fused-ring (bicyclic) bond motifs is 1. The van der Waals surface area contributed by atoms with Gasteiger partial charge in [-0.3, -0.25) is 14.2 Å². The van der Waals surface area contributed by atoms with E-state index in [-0.39, 0.29) is 30.0 Å². The van der Waals surface area contributed by atoms with E-state index in [0.717, 1.165) is 4.57 Å². The number of carbonyl (C=O) groups excluding carboxylic acids is 1. The van der Waals surface area contributed by atoms with Crippen molar-refractivity contribution >= 4 is 16.9 Å². The van der Waals surface area contributed by atoms with Crippen molar-refractivity contribution in [3.8, 4) is 11.4 Å². The largest absolute Gasteiger partial charge is 0.497 e. The van der Waals surface area contributed by atoms with Crippen molar-refractivity contribution in [3.63, 3.8) is 0 Å². The Morgan fingerprint density at radius 1 is 1.03 bits per heavy atom. The number of hydrogen-bond acceptors (Lipinski definition) is 5. The van der Waals surface area contributed by atoms with Crippen molar-refractivity contribution in [2.24, 2.45) is 5.41 Å². The van der Waals surface area contributed by atoms with E-state index in [4.69, 9.17) is 4.74 Å². The Kier molecular flexibility index (Phi) is 5.95. The van der Waals surface area contributed by atoms with Crippen LogP contribution in [0.15, 0.2) is 64.4 Å². The van der Waals surface area contributed by atoms with Crippen LogP contribution in [0.1, 0.15) is 26.3 Å². The molecule has 2 aromatic carbocycles. The molecule has 0 N–H and O–H groups in total. The number of carbonyl (C=O) groups is 1. The Bertz CT molecular complexity index is 1470. The first-order valence-corrected chi connectivity index (χ1v) is 10.7. The van der Waals surface area contributed by atoms with E-state index >= 15 is 0 Å². The molecular weight excluding hydrogens is 439 g/mol. The molecule has 2 heterocycles. The molecular formula is C25H25FN4O4. The highest BCUT2D eigenvalue weighted by Crippen LogP contribution is 2.19. The van der Waals surface area contributed by atoms with Crippen molar-refractivity contribution in [2.75, 3.05) is 7.11 Å². The molecule has 2 aromatic heterocycles. The van der Waals surface area contributed by atoms with Gasteiger partial charge in [0.2, 0.25) is 0 Å². The minimum atomic E-state index is -0.621. The second-order valence-corrected chi connectivity index (χ2v) is 9.05. The molecule has 8 nitrogen and oxygen atoms in total. The molecule has 0 radical (unpaired) electrons. The zero-order valence-electron chi connectivity index (χ0n) is 19.4. The molecule has 4 aromatic rings. The van der Waals surface area contributed by atoms with E-state index in [9.17, 15) is 18.8 Å². The summed E-state index contributed by atoms with van der Waals surface area (Å²) in [5.74, 6) is 0.0994. The Morgan fingerprint density at radius 3 is 2.26 bits per heavy atom. The van der Waals surface area contributed by atoms with Gasteiger partial charge in [-0.15, -0.1) is 0 Å². The number of aromatic nitrogens is 4. The maximum Gasteiger partial charge on any atom is 0.337 e. The molecule has 0 bridgehead atoms. The minimum absolute atomic E-state index is 0.00278. The first-order chi connectivity index (χ1) is 16.1. The Balaban J connectivity index is 1.95. The second-order valence-electron chi connectivity index (χ2n) is 9.05. The monoisotopic (exact) mass is 464 g/mol. The summed E-state index contributed by atoms with van der Waals surface area (Å²) in [6, 6.07) is 12.3. The number of imidazole rings is 1. The number of rotatable bonds is 6. The maximum absolute atomic E-state index is 13.6. The number of benzene rings is 2. The van der Waals surface area contributed by atoms with Gasteiger partial charge < -0.3 is 9.30 Å². The SMILES string of the molecule is COc1ccc(Cn2c(=O)c3c(ncn3CC(=O)C(C)(C)C)n(-c3ccc(F)cc3)c2=O)cc1. The van der Waals surface area contributed by atoms with Crippen LogP contribution < -0.4 is 16.0 Å². The average molecular weight is 464 g/mol. The van der Waals surface area contributed by atoms with Gasteiger partial charge in [0.25, 0.3) is 5.56 Å². The van der Waals surface area contributed by atoms with Crippen molar-refractivity contribution in [1.82, 2.24) is 18.7 Å². The Labute approximate surface area is 194 Å². The van der Waals surface area contributed by atoms with Gasteiger partial charge in [0.05, 0.1) is 32.2 Å². The van der Waals surface area contributed by atoms with Gasteiger partial charge in [0, 0.05) is 5.41 Å². The van der Waals surface area contributed by atoms with Crippen molar-refractivity contribution in [3.05, 3.63) is 87.1 Å². The highest BCUT2D eigenvalue weighted by atomic mass is 19.1.